The first-order chi connectivity index (χ1) is 9.69. The monoisotopic (exact) mass is 276 g/mol. The summed E-state index contributed by atoms with van der Waals surface area (Å²) >= 11 is 0. The van der Waals surface area contributed by atoms with Gasteiger partial charge in [-0.15, -0.1) is 0 Å². The zero-order valence-corrected chi connectivity index (χ0v) is 13.3. The lowest BCUT2D eigenvalue weighted by Gasteiger charge is -2.42. The summed E-state index contributed by atoms with van der Waals surface area (Å²) in [7, 11) is 1.73. The molecule has 20 heavy (non-hydrogen) atoms. The summed E-state index contributed by atoms with van der Waals surface area (Å²) in [4.78, 5) is 2.59. The second-order valence-corrected chi connectivity index (χ2v) is 5.76. The highest BCUT2D eigenvalue weighted by atomic mass is 16.5. The lowest BCUT2D eigenvalue weighted by Crippen LogP contribution is -2.56. The second kappa shape index (κ2) is 6.98. The minimum atomic E-state index is 0.593. The van der Waals surface area contributed by atoms with Crippen LogP contribution in [-0.4, -0.2) is 32.3 Å². The largest absolute Gasteiger partial charge is 0.497 e. The van der Waals surface area contributed by atoms with Crippen LogP contribution in [0.5, 0.6) is 5.75 Å². The molecule has 1 saturated heterocycles. The minimum absolute atomic E-state index is 0.593. The van der Waals surface area contributed by atoms with E-state index in [1.54, 1.807) is 7.11 Å². The number of methoxy groups -OCH3 is 1. The van der Waals surface area contributed by atoms with E-state index in [2.05, 4.69) is 49.2 Å². The maximum atomic E-state index is 5.32. The number of benzene rings is 1. The lowest BCUT2D eigenvalue weighted by molar-refractivity contribution is 0.368. The molecule has 3 heteroatoms. The van der Waals surface area contributed by atoms with E-state index in [4.69, 9.17) is 4.74 Å². The van der Waals surface area contributed by atoms with Crippen molar-refractivity contribution in [2.24, 2.45) is 0 Å². The molecule has 0 amide bonds. The van der Waals surface area contributed by atoms with Crippen molar-refractivity contribution in [2.75, 3.05) is 25.1 Å². The van der Waals surface area contributed by atoms with E-state index < -0.39 is 0 Å². The molecular weight excluding hydrogens is 248 g/mol. The van der Waals surface area contributed by atoms with E-state index in [-0.39, 0.29) is 0 Å². The molecule has 2 atom stereocenters. The normalized spacial score (nSPS) is 22.9. The second-order valence-electron chi connectivity index (χ2n) is 5.76. The van der Waals surface area contributed by atoms with Gasteiger partial charge in [0.2, 0.25) is 0 Å². The number of aryl methyl sites for hydroxylation is 1. The Labute approximate surface area is 123 Å². The van der Waals surface area contributed by atoms with Crippen LogP contribution in [0, 0.1) is 6.92 Å². The van der Waals surface area contributed by atoms with Gasteiger partial charge in [0.05, 0.1) is 7.11 Å². The van der Waals surface area contributed by atoms with Crippen molar-refractivity contribution in [1.29, 1.82) is 0 Å². The highest BCUT2D eigenvalue weighted by molar-refractivity contribution is 5.57. The van der Waals surface area contributed by atoms with Crippen molar-refractivity contribution in [1.82, 2.24) is 5.32 Å². The van der Waals surface area contributed by atoms with Gasteiger partial charge in [-0.1, -0.05) is 20.3 Å². The SMILES string of the molecule is CCCC1CN(c2ccc(OC)cc2C)C(CC)CN1. The molecule has 1 aromatic carbocycles. The van der Waals surface area contributed by atoms with Crippen LogP contribution in [-0.2, 0) is 0 Å². The molecule has 0 bridgehead atoms. The van der Waals surface area contributed by atoms with E-state index in [1.807, 2.05) is 0 Å². The molecule has 1 fully saturated rings. The molecule has 3 nitrogen and oxygen atoms in total. The third-order valence-corrected chi connectivity index (χ3v) is 4.32. The third kappa shape index (κ3) is 3.26. The zero-order chi connectivity index (χ0) is 14.5. The minimum Gasteiger partial charge on any atom is -0.497 e. The van der Waals surface area contributed by atoms with Crippen LogP contribution >= 0.6 is 0 Å². The molecule has 0 aliphatic carbocycles. The number of hydrogen-bond acceptors (Lipinski definition) is 3. The maximum absolute atomic E-state index is 5.32. The van der Waals surface area contributed by atoms with Crippen molar-refractivity contribution in [2.45, 2.75) is 52.1 Å². The molecule has 112 valence electrons. The Hall–Kier alpha value is -1.22. The Kier molecular flexibility index (Phi) is 5.30. The van der Waals surface area contributed by atoms with Gasteiger partial charge in [-0.3, -0.25) is 0 Å². The predicted octanol–water partition coefficient (Wildman–Crippen LogP) is 3.36. The number of ether oxygens (including phenoxy) is 1. The van der Waals surface area contributed by atoms with Crippen LogP contribution in [0.2, 0.25) is 0 Å². The van der Waals surface area contributed by atoms with Crippen LogP contribution in [0.1, 0.15) is 38.7 Å². The summed E-state index contributed by atoms with van der Waals surface area (Å²) in [6, 6.07) is 7.63. The molecular formula is C17H28N2O. The number of piperazine rings is 1. The van der Waals surface area contributed by atoms with Crippen molar-refractivity contribution in [3.8, 4) is 5.75 Å². The zero-order valence-electron chi connectivity index (χ0n) is 13.3. The van der Waals surface area contributed by atoms with E-state index in [0.29, 0.717) is 12.1 Å². The van der Waals surface area contributed by atoms with Crippen LogP contribution in [0.3, 0.4) is 0 Å². The van der Waals surface area contributed by atoms with Crippen molar-refractivity contribution in [3.63, 3.8) is 0 Å². The van der Waals surface area contributed by atoms with Crippen molar-refractivity contribution < 1.29 is 4.74 Å². The first-order valence-electron chi connectivity index (χ1n) is 7.84. The van der Waals surface area contributed by atoms with Gasteiger partial charge in [0.1, 0.15) is 5.75 Å². The van der Waals surface area contributed by atoms with Crippen molar-refractivity contribution in [3.05, 3.63) is 23.8 Å². The van der Waals surface area contributed by atoms with Gasteiger partial charge in [-0.05, 0) is 43.5 Å². The topological polar surface area (TPSA) is 24.5 Å². The van der Waals surface area contributed by atoms with Gasteiger partial charge in [-0.2, -0.15) is 0 Å². The fourth-order valence-electron chi connectivity index (χ4n) is 3.14. The fourth-order valence-corrected chi connectivity index (χ4v) is 3.14. The Morgan fingerprint density at radius 2 is 2.15 bits per heavy atom. The summed E-state index contributed by atoms with van der Waals surface area (Å²) in [6.07, 6.45) is 3.67. The van der Waals surface area contributed by atoms with Gasteiger partial charge in [-0.25, -0.2) is 0 Å². The number of rotatable bonds is 5. The standard InChI is InChI=1S/C17H28N2O/c1-5-7-14-12-19(15(6-2)11-18-14)17-9-8-16(20-4)10-13(17)3/h8-10,14-15,18H,5-7,11-12H2,1-4H3. The smallest absolute Gasteiger partial charge is 0.119 e. The van der Waals surface area contributed by atoms with E-state index in [1.165, 1.54) is 30.5 Å². The molecule has 1 aliphatic rings. The van der Waals surface area contributed by atoms with Gasteiger partial charge < -0.3 is 15.0 Å². The summed E-state index contributed by atoms with van der Waals surface area (Å²) in [5, 5.41) is 3.70. The predicted molar refractivity (Wildman–Crippen MR) is 85.9 cm³/mol. The number of hydrogen-bond donors (Lipinski definition) is 1. The van der Waals surface area contributed by atoms with Crippen LogP contribution in [0.25, 0.3) is 0 Å². The van der Waals surface area contributed by atoms with Crippen LogP contribution < -0.4 is 15.0 Å². The molecule has 0 spiro atoms. The summed E-state index contributed by atoms with van der Waals surface area (Å²) in [5.74, 6) is 0.944. The van der Waals surface area contributed by atoms with Gasteiger partial charge in [0.25, 0.3) is 0 Å². The highest BCUT2D eigenvalue weighted by Gasteiger charge is 2.27. The molecule has 2 unspecified atom stereocenters. The third-order valence-electron chi connectivity index (χ3n) is 4.32. The molecule has 1 heterocycles. The maximum Gasteiger partial charge on any atom is 0.119 e. The van der Waals surface area contributed by atoms with Gasteiger partial charge in [0.15, 0.2) is 0 Å². The first-order valence-corrected chi connectivity index (χ1v) is 7.84. The lowest BCUT2D eigenvalue weighted by atomic mass is 10.0. The molecule has 0 aromatic heterocycles. The van der Waals surface area contributed by atoms with E-state index in [0.717, 1.165) is 18.8 Å². The average Bonchev–Trinajstić information content (AvgIpc) is 2.47. The molecule has 1 aromatic rings. The van der Waals surface area contributed by atoms with Gasteiger partial charge >= 0.3 is 0 Å². The number of nitrogens with one attached hydrogen (secondary N) is 1. The Balaban J connectivity index is 2.22. The molecule has 2 rings (SSSR count). The van der Waals surface area contributed by atoms with E-state index in [9.17, 15) is 0 Å². The van der Waals surface area contributed by atoms with Gasteiger partial charge in [0, 0.05) is 30.9 Å². The summed E-state index contributed by atoms with van der Waals surface area (Å²) < 4.78 is 5.32. The first kappa shape index (κ1) is 15.2. The molecule has 1 aliphatic heterocycles. The Morgan fingerprint density at radius 3 is 2.75 bits per heavy atom. The van der Waals surface area contributed by atoms with Crippen LogP contribution in [0.4, 0.5) is 5.69 Å². The Morgan fingerprint density at radius 1 is 1.35 bits per heavy atom. The summed E-state index contributed by atoms with van der Waals surface area (Å²) in [6.45, 7) is 8.92. The molecule has 0 radical (unpaired) electrons. The summed E-state index contributed by atoms with van der Waals surface area (Å²) in [5.41, 5.74) is 2.67. The highest BCUT2D eigenvalue weighted by Crippen LogP contribution is 2.28. The fraction of sp³-hybridized carbons (Fsp3) is 0.647. The molecule has 0 saturated carbocycles. The molecule has 1 N–H and O–H groups in total. The van der Waals surface area contributed by atoms with Crippen molar-refractivity contribution >= 4 is 5.69 Å². The van der Waals surface area contributed by atoms with E-state index >= 15 is 0 Å². The number of nitrogens with zero attached hydrogens (tertiary/aromatic N) is 1. The number of anilines is 1. The quantitative estimate of drug-likeness (QED) is 0.892. The average molecular weight is 276 g/mol. The Bertz CT molecular complexity index is 433. The van der Waals surface area contributed by atoms with Crippen LogP contribution in [0.15, 0.2) is 18.2 Å².